The Morgan fingerprint density at radius 1 is 1.31 bits per heavy atom. The summed E-state index contributed by atoms with van der Waals surface area (Å²) < 4.78 is 10.9. The maximum Gasteiger partial charge on any atom is 0.312 e. The molecule has 3 rings (SSSR count). The molecule has 2 atom stereocenters. The number of carboxylic acid groups (broad SMARTS) is 1. The molecule has 142 valence electrons. The molecule has 1 fully saturated rings. The molecule has 1 amide bonds. The van der Waals surface area contributed by atoms with Gasteiger partial charge in [0.25, 0.3) is 0 Å². The lowest BCUT2D eigenvalue weighted by atomic mass is 9.74. The molecule has 0 bridgehead atoms. The van der Waals surface area contributed by atoms with Crippen LogP contribution in [-0.4, -0.2) is 55.3 Å². The van der Waals surface area contributed by atoms with Gasteiger partial charge in [-0.3, -0.25) is 9.59 Å². The van der Waals surface area contributed by atoms with Crippen molar-refractivity contribution >= 4 is 11.9 Å². The van der Waals surface area contributed by atoms with Crippen molar-refractivity contribution in [2.75, 3.05) is 33.4 Å². The fourth-order valence-corrected chi connectivity index (χ4v) is 4.07. The normalized spacial score (nSPS) is 24.3. The first-order chi connectivity index (χ1) is 12.6. The second-order valence-corrected chi connectivity index (χ2v) is 7.33. The van der Waals surface area contributed by atoms with Crippen molar-refractivity contribution < 1.29 is 24.2 Å². The van der Waals surface area contributed by atoms with Crippen LogP contribution in [-0.2, 0) is 20.7 Å². The number of aliphatic carboxylic acids is 1. The van der Waals surface area contributed by atoms with Crippen molar-refractivity contribution in [2.45, 2.75) is 32.1 Å². The highest BCUT2D eigenvalue weighted by atomic mass is 16.5. The number of carboxylic acids is 1. The number of benzene rings is 1. The number of ether oxygens (including phenoxy) is 2. The summed E-state index contributed by atoms with van der Waals surface area (Å²) in [5.74, 6) is -0.217. The van der Waals surface area contributed by atoms with Gasteiger partial charge in [0.05, 0.1) is 12.0 Å². The second-order valence-electron chi connectivity index (χ2n) is 7.33. The van der Waals surface area contributed by atoms with Gasteiger partial charge in [-0.15, -0.1) is 0 Å². The van der Waals surface area contributed by atoms with Crippen molar-refractivity contribution in [1.29, 1.82) is 0 Å². The molecule has 2 heterocycles. The van der Waals surface area contributed by atoms with Gasteiger partial charge in [0.2, 0.25) is 5.91 Å². The largest absolute Gasteiger partial charge is 0.493 e. The van der Waals surface area contributed by atoms with Crippen LogP contribution in [0, 0.1) is 11.3 Å². The van der Waals surface area contributed by atoms with Gasteiger partial charge >= 0.3 is 5.97 Å². The number of likely N-dealkylation sites (tertiary alicyclic amines) is 1. The van der Waals surface area contributed by atoms with E-state index in [4.69, 9.17) is 9.47 Å². The summed E-state index contributed by atoms with van der Waals surface area (Å²) >= 11 is 0. The first kappa shape index (κ1) is 18.7. The Kier molecular flexibility index (Phi) is 5.81. The molecule has 1 N–H and O–H groups in total. The number of unbranched alkanes of at least 4 members (excludes halogenated alkanes) is 2. The molecule has 1 unspecified atom stereocenters. The number of fused-ring (bicyclic) bond motifs is 2. The zero-order valence-corrected chi connectivity index (χ0v) is 15.3. The number of hydrogen-bond acceptors (Lipinski definition) is 4. The average Bonchev–Trinajstić information content (AvgIpc) is 2.93. The Morgan fingerprint density at radius 2 is 2.12 bits per heavy atom. The number of para-hydroxylation sites is 1. The lowest BCUT2D eigenvalue weighted by Crippen LogP contribution is -2.42. The van der Waals surface area contributed by atoms with Crippen LogP contribution in [0.15, 0.2) is 24.3 Å². The second kappa shape index (κ2) is 8.08. The summed E-state index contributed by atoms with van der Waals surface area (Å²) in [6.07, 6.45) is 3.56. The quantitative estimate of drug-likeness (QED) is 0.755. The summed E-state index contributed by atoms with van der Waals surface area (Å²) in [4.78, 5) is 26.5. The standard InChI is InChI=1S/C20H27NO5/c1-25-10-6-2-3-9-18(22)21-12-16-13-26-17-8-5-4-7-15(17)11-20(16,14-21)19(23)24/h4-5,7-8,16H,2-3,6,9-14H2,1H3,(H,23,24)/t16?,20-/m1/s1. The monoisotopic (exact) mass is 361 g/mol. The van der Waals surface area contributed by atoms with Crippen molar-refractivity contribution in [3.05, 3.63) is 29.8 Å². The van der Waals surface area contributed by atoms with Gasteiger partial charge < -0.3 is 19.5 Å². The van der Waals surface area contributed by atoms with E-state index in [2.05, 4.69) is 0 Å². The molecule has 1 saturated heterocycles. The highest BCUT2D eigenvalue weighted by Crippen LogP contribution is 2.44. The van der Waals surface area contributed by atoms with Crippen LogP contribution in [0.1, 0.15) is 31.2 Å². The van der Waals surface area contributed by atoms with E-state index in [1.54, 1.807) is 12.0 Å². The van der Waals surface area contributed by atoms with E-state index in [9.17, 15) is 14.7 Å². The van der Waals surface area contributed by atoms with Crippen LogP contribution in [0.5, 0.6) is 5.75 Å². The molecule has 0 spiro atoms. The molecule has 1 aromatic carbocycles. The number of nitrogens with zero attached hydrogens (tertiary/aromatic N) is 1. The molecular formula is C20H27NO5. The molecule has 0 saturated carbocycles. The Bertz CT molecular complexity index is 661. The first-order valence-corrected chi connectivity index (χ1v) is 9.27. The van der Waals surface area contributed by atoms with Gasteiger partial charge in [-0.25, -0.2) is 0 Å². The van der Waals surface area contributed by atoms with Crippen LogP contribution >= 0.6 is 0 Å². The number of carbonyl (C=O) groups excluding carboxylic acids is 1. The third-order valence-corrected chi connectivity index (χ3v) is 5.63. The van der Waals surface area contributed by atoms with E-state index in [-0.39, 0.29) is 18.4 Å². The molecule has 0 aliphatic carbocycles. The Morgan fingerprint density at radius 3 is 2.88 bits per heavy atom. The van der Waals surface area contributed by atoms with Crippen LogP contribution in [0.2, 0.25) is 0 Å². The summed E-state index contributed by atoms with van der Waals surface area (Å²) in [6.45, 7) is 1.76. The molecule has 6 nitrogen and oxygen atoms in total. The van der Waals surface area contributed by atoms with Gasteiger partial charge in [-0.05, 0) is 30.9 Å². The van der Waals surface area contributed by atoms with E-state index in [1.807, 2.05) is 24.3 Å². The number of rotatable bonds is 7. The summed E-state index contributed by atoms with van der Waals surface area (Å²) in [6, 6.07) is 7.60. The topological polar surface area (TPSA) is 76.1 Å². The van der Waals surface area contributed by atoms with Crippen molar-refractivity contribution in [3.8, 4) is 5.75 Å². The predicted octanol–water partition coefficient (Wildman–Crippen LogP) is 2.36. The molecule has 6 heteroatoms. The number of carbonyl (C=O) groups is 2. The van der Waals surface area contributed by atoms with Gasteiger partial charge in [-0.1, -0.05) is 24.6 Å². The van der Waals surface area contributed by atoms with Crippen LogP contribution < -0.4 is 4.74 Å². The predicted molar refractivity (Wildman–Crippen MR) is 96.1 cm³/mol. The molecule has 1 aromatic rings. The third-order valence-electron chi connectivity index (χ3n) is 5.63. The first-order valence-electron chi connectivity index (χ1n) is 9.27. The average molecular weight is 361 g/mol. The Balaban J connectivity index is 1.68. The fraction of sp³-hybridized carbons (Fsp3) is 0.600. The highest BCUT2D eigenvalue weighted by molar-refractivity contribution is 5.81. The summed E-state index contributed by atoms with van der Waals surface area (Å²) in [7, 11) is 1.67. The lowest BCUT2D eigenvalue weighted by molar-refractivity contribution is -0.151. The van der Waals surface area contributed by atoms with Crippen molar-refractivity contribution in [1.82, 2.24) is 4.90 Å². The number of amides is 1. The molecule has 0 radical (unpaired) electrons. The molecule has 2 aliphatic heterocycles. The smallest absolute Gasteiger partial charge is 0.312 e. The van der Waals surface area contributed by atoms with Gasteiger partial charge in [0, 0.05) is 39.1 Å². The van der Waals surface area contributed by atoms with E-state index >= 15 is 0 Å². The van der Waals surface area contributed by atoms with Gasteiger partial charge in [0.15, 0.2) is 0 Å². The molecular weight excluding hydrogens is 334 g/mol. The zero-order valence-electron chi connectivity index (χ0n) is 15.3. The maximum absolute atomic E-state index is 12.6. The summed E-state index contributed by atoms with van der Waals surface area (Å²) in [5.41, 5.74) is -0.0514. The molecule has 0 aromatic heterocycles. The van der Waals surface area contributed by atoms with E-state index in [0.29, 0.717) is 32.6 Å². The Hall–Kier alpha value is -2.08. The van der Waals surface area contributed by atoms with Crippen LogP contribution in [0.4, 0.5) is 0 Å². The van der Waals surface area contributed by atoms with E-state index < -0.39 is 11.4 Å². The van der Waals surface area contributed by atoms with Crippen molar-refractivity contribution in [3.63, 3.8) is 0 Å². The van der Waals surface area contributed by atoms with E-state index in [1.165, 1.54) is 0 Å². The minimum Gasteiger partial charge on any atom is -0.493 e. The maximum atomic E-state index is 12.6. The van der Waals surface area contributed by atoms with Gasteiger partial charge in [0.1, 0.15) is 5.75 Å². The van der Waals surface area contributed by atoms with Crippen molar-refractivity contribution in [2.24, 2.45) is 11.3 Å². The third kappa shape index (κ3) is 3.70. The zero-order chi connectivity index (χ0) is 18.6. The fourth-order valence-electron chi connectivity index (χ4n) is 4.07. The molecule has 26 heavy (non-hydrogen) atoms. The van der Waals surface area contributed by atoms with E-state index in [0.717, 1.165) is 30.6 Å². The Labute approximate surface area is 154 Å². The SMILES string of the molecule is COCCCCCC(=O)N1CC2COc3ccccc3C[C@@]2(C(=O)O)C1. The van der Waals surface area contributed by atoms with Crippen LogP contribution in [0.25, 0.3) is 0 Å². The van der Waals surface area contributed by atoms with Crippen LogP contribution in [0.3, 0.4) is 0 Å². The lowest BCUT2D eigenvalue weighted by Gasteiger charge is -2.27. The molecule has 2 aliphatic rings. The highest BCUT2D eigenvalue weighted by Gasteiger charge is 2.54. The van der Waals surface area contributed by atoms with Gasteiger partial charge in [-0.2, -0.15) is 0 Å². The minimum atomic E-state index is -0.960. The summed E-state index contributed by atoms with van der Waals surface area (Å²) in [5, 5.41) is 10.0. The number of hydrogen-bond donors (Lipinski definition) is 1. The minimum absolute atomic E-state index is 0.0457. The number of methoxy groups -OCH3 is 1.